The van der Waals surface area contributed by atoms with Gasteiger partial charge in [-0.3, -0.25) is 4.90 Å². The maximum Gasteiger partial charge on any atom is 0.372 e. The van der Waals surface area contributed by atoms with Crippen LogP contribution in [0, 0.1) is 12.8 Å². The molecular weight excluding hydrogens is 234 g/mol. The van der Waals surface area contributed by atoms with Crippen molar-refractivity contribution < 1.29 is 19.4 Å². The largest absolute Gasteiger partial charge is 0.475 e. The summed E-state index contributed by atoms with van der Waals surface area (Å²) >= 11 is 0. The van der Waals surface area contributed by atoms with Crippen LogP contribution in [0.3, 0.4) is 0 Å². The first-order valence-electron chi connectivity index (χ1n) is 6.26. The fraction of sp³-hybridized carbons (Fsp3) is 0.615. The van der Waals surface area contributed by atoms with E-state index in [-0.39, 0.29) is 12.4 Å². The van der Waals surface area contributed by atoms with Gasteiger partial charge in [-0.05, 0) is 38.3 Å². The lowest BCUT2D eigenvalue weighted by Crippen LogP contribution is -2.36. The highest BCUT2D eigenvalue weighted by atomic mass is 16.4. The lowest BCUT2D eigenvalue weighted by Gasteiger charge is -2.30. The van der Waals surface area contributed by atoms with Crippen LogP contribution < -0.4 is 0 Å². The molecule has 5 nitrogen and oxygen atoms in total. The molecule has 0 amide bonds. The third kappa shape index (κ3) is 2.91. The highest BCUT2D eigenvalue weighted by Crippen LogP contribution is 2.21. The fourth-order valence-corrected chi connectivity index (χ4v) is 2.50. The molecule has 0 aliphatic carbocycles. The number of hydrogen-bond donors (Lipinski definition) is 2. The van der Waals surface area contributed by atoms with Crippen molar-refractivity contribution >= 4 is 5.97 Å². The van der Waals surface area contributed by atoms with Gasteiger partial charge in [0.05, 0.1) is 6.54 Å². The first kappa shape index (κ1) is 13.1. The van der Waals surface area contributed by atoms with E-state index < -0.39 is 5.97 Å². The zero-order chi connectivity index (χ0) is 13.1. The summed E-state index contributed by atoms with van der Waals surface area (Å²) in [6.07, 6.45) is 2.13. The van der Waals surface area contributed by atoms with Crippen LogP contribution in [0.4, 0.5) is 0 Å². The van der Waals surface area contributed by atoms with Crippen LogP contribution in [0.2, 0.25) is 0 Å². The summed E-state index contributed by atoms with van der Waals surface area (Å²) in [7, 11) is 0. The molecule has 0 saturated carbocycles. The SMILES string of the molecule is Cc1cc(CN2CCCC(CO)C2)oc1C(=O)O. The highest BCUT2D eigenvalue weighted by Gasteiger charge is 2.21. The van der Waals surface area contributed by atoms with E-state index in [4.69, 9.17) is 14.6 Å². The summed E-state index contributed by atoms with van der Waals surface area (Å²) < 4.78 is 5.34. The van der Waals surface area contributed by atoms with E-state index in [1.807, 2.05) is 0 Å². The zero-order valence-corrected chi connectivity index (χ0v) is 10.6. The first-order valence-corrected chi connectivity index (χ1v) is 6.26. The van der Waals surface area contributed by atoms with Crippen LogP contribution in [-0.2, 0) is 6.54 Å². The zero-order valence-electron chi connectivity index (χ0n) is 10.6. The Morgan fingerprint density at radius 2 is 2.39 bits per heavy atom. The minimum atomic E-state index is -1.02. The van der Waals surface area contributed by atoms with Gasteiger partial charge in [-0.15, -0.1) is 0 Å². The number of likely N-dealkylation sites (tertiary alicyclic amines) is 1. The molecule has 2 N–H and O–H groups in total. The van der Waals surface area contributed by atoms with Crippen LogP contribution >= 0.6 is 0 Å². The number of aliphatic hydroxyl groups excluding tert-OH is 1. The Morgan fingerprint density at radius 3 is 3.00 bits per heavy atom. The number of rotatable bonds is 4. The van der Waals surface area contributed by atoms with Gasteiger partial charge in [0.25, 0.3) is 0 Å². The summed E-state index contributed by atoms with van der Waals surface area (Å²) in [6.45, 7) is 4.39. The number of carboxylic acids is 1. The molecule has 0 bridgehead atoms. The third-order valence-corrected chi connectivity index (χ3v) is 3.40. The van der Waals surface area contributed by atoms with Crippen molar-refractivity contribution in [2.45, 2.75) is 26.3 Å². The number of aliphatic hydroxyl groups is 1. The van der Waals surface area contributed by atoms with E-state index in [0.717, 1.165) is 25.9 Å². The Bertz CT molecular complexity index is 427. The summed E-state index contributed by atoms with van der Waals surface area (Å²) in [4.78, 5) is 13.1. The molecule has 2 heterocycles. The van der Waals surface area contributed by atoms with Crippen molar-refractivity contribution in [1.82, 2.24) is 4.90 Å². The molecule has 100 valence electrons. The molecule has 1 aromatic heterocycles. The van der Waals surface area contributed by atoms with Crippen molar-refractivity contribution in [2.75, 3.05) is 19.7 Å². The quantitative estimate of drug-likeness (QED) is 0.850. The topological polar surface area (TPSA) is 73.9 Å². The van der Waals surface area contributed by atoms with Crippen molar-refractivity contribution in [2.24, 2.45) is 5.92 Å². The molecule has 5 heteroatoms. The van der Waals surface area contributed by atoms with Gasteiger partial charge in [-0.25, -0.2) is 4.79 Å². The van der Waals surface area contributed by atoms with Crippen molar-refractivity contribution in [3.8, 4) is 0 Å². The predicted molar refractivity (Wildman–Crippen MR) is 65.5 cm³/mol. The van der Waals surface area contributed by atoms with Gasteiger partial charge in [0.15, 0.2) is 0 Å². The molecule has 2 rings (SSSR count). The summed E-state index contributed by atoms with van der Waals surface area (Å²) in [6, 6.07) is 1.78. The number of aromatic carboxylic acids is 1. The molecule has 1 saturated heterocycles. The van der Waals surface area contributed by atoms with E-state index in [1.165, 1.54) is 0 Å². The second-order valence-electron chi connectivity index (χ2n) is 4.96. The lowest BCUT2D eigenvalue weighted by molar-refractivity contribution is 0.0654. The van der Waals surface area contributed by atoms with E-state index in [9.17, 15) is 4.79 Å². The smallest absolute Gasteiger partial charge is 0.372 e. The van der Waals surface area contributed by atoms with Crippen LogP contribution in [0.5, 0.6) is 0 Å². The standard InChI is InChI=1S/C13H19NO4/c1-9-5-11(18-12(9)13(16)17)7-14-4-2-3-10(6-14)8-15/h5,10,15H,2-4,6-8H2,1H3,(H,16,17). The van der Waals surface area contributed by atoms with E-state index >= 15 is 0 Å². The fourth-order valence-electron chi connectivity index (χ4n) is 2.50. The maximum atomic E-state index is 10.9. The molecule has 1 aliphatic heterocycles. The van der Waals surface area contributed by atoms with Crippen molar-refractivity contribution in [3.63, 3.8) is 0 Å². The number of nitrogens with zero attached hydrogens (tertiary/aromatic N) is 1. The van der Waals surface area contributed by atoms with Gasteiger partial charge in [0, 0.05) is 18.7 Å². The highest BCUT2D eigenvalue weighted by molar-refractivity contribution is 5.86. The maximum absolute atomic E-state index is 10.9. The average Bonchev–Trinajstić information content (AvgIpc) is 2.70. The molecule has 1 aliphatic rings. The van der Waals surface area contributed by atoms with Crippen molar-refractivity contribution in [3.05, 3.63) is 23.2 Å². The number of aryl methyl sites for hydroxylation is 1. The van der Waals surface area contributed by atoms with Crippen LogP contribution in [-0.4, -0.2) is 40.8 Å². The van der Waals surface area contributed by atoms with Crippen LogP contribution in [0.15, 0.2) is 10.5 Å². The lowest BCUT2D eigenvalue weighted by atomic mass is 9.99. The Hall–Kier alpha value is -1.33. The first-order chi connectivity index (χ1) is 8.60. The van der Waals surface area contributed by atoms with Crippen molar-refractivity contribution in [1.29, 1.82) is 0 Å². The summed E-state index contributed by atoms with van der Waals surface area (Å²) in [5, 5.41) is 18.1. The molecule has 1 atom stereocenters. The molecule has 1 aromatic rings. The Morgan fingerprint density at radius 1 is 1.61 bits per heavy atom. The van der Waals surface area contributed by atoms with Gasteiger partial charge >= 0.3 is 5.97 Å². The van der Waals surface area contributed by atoms with E-state index in [2.05, 4.69) is 4.90 Å². The van der Waals surface area contributed by atoms with Crippen LogP contribution in [0.25, 0.3) is 0 Å². The minimum Gasteiger partial charge on any atom is -0.475 e. The predicted octanol–water partition coefficient (Wildman–Crippen LogP) is 1.49. The minimum absolute atomic E-state index is 0.0284. The Kier molecular flexibility index (Phi) is 4.04. The third-order valence-electron chi connectivity index (χ3n) is 3.40. The molecule has 1 unspecified atom stereocenters. The second kappa shape index (κ2) is 5.54. The van der Waals surface area contributed by atoms with Gasteiger partial charge in [-0.2, -0.15) is 0 Å². The van der Waals surface area contributed by atoms with E-state index in [0.29, 0.717) is 23.8 Å². The van der Waals surface area contributed by atoms with Crippen LogP contribution in [0.1, 0.15) is 34.7 Å². The number of hydrogen-bond acceptors (Lipinski definition) is 4. The number of carboxylic acid groups (broad SMARTS) is 1. The molecule has 0 radical (unpaired) electrons. The molecule has 18 heavy (non-hydrogen) atoms. The normalized spacial score (nSPS) is 21.1. The van der Waals surface area contributed by atoms with Gasteiger partial charge in [0.1, 0.15) is 5.76 Å². The average molecular weight is 253 g/mol. The molecule has 0 spiro atoms. The Labute approximate surface area is 106 Å². The summed E-state index contributed by atoms with van der Waals surface area (Å²) in [5.74, 6) is 0.0172. The number of carbonyl (C=O) groups is 1. The molecule has 1 fully saturated rings. The second-order valence-corrected chi connectivity index (χ2v) is 4.96. The number of piperidine rings is 1. The number of furan rings is 1. The molecular formula is C13H19NO4. The monoisotopic (exact) mass is 253 g/mol. The van der Waals surface area contributed by atoms with Gasteiger partial charge < -0.3 is 14.6 Å². The molecule has 0 aromatic carbocycles. The summed E-state index contributed by atoms with van der Waals surface area (Å²) in [5.41, 5.74) is 0.660. The van der Waals surface area contributed by atoms with E-state index in [1.54, 1.807) is 13.0 Å². The van der Waals surface area contributed by atoms with Gasteiger partial charge in [-0.1, -0.05) is 0 Å². The Balaban J connectivity index is 2.00. The van der Waals surface area contributed by atoms with Gasteiger partial charge in [0.2, 0.25) is 5.76 Å².